The predicted molar refractivity (Wildman–Crippen MR) is 142 cm³/mol. The van der Waals surface area contributed by atoms with Crippen LogP contribution in [0.15, 0.2) is 42.7 Å². The Balaban J connectivity index is 1.33. The van der Waals surface area contributed by atoms with Gasteiger partial charge < -0.3 is 9.47 Å². The van der Waals surface area contributed by atoms with Gasteiger partial charge >= 0.3 is 6.18 Å². The molecule has 1 saturated carbocycles. The Morgan fingerprint density at radius 2 is 1.92 bits per heavy atom. The number of piperidine rings is 1. The van der Waals surface area contributed by atoms with Crippen LogP contribution in [0.25, 0.3) is 0 Å². The second-order valence-electron chi connectivity index (χ2n) is 11.6. The van der Waals surface area contributed by atoms with Crippen molar-refractivity contribution in [3.8, 4) is 0 Å². The van der Waals surface area contributed by atoms with E-state index in [1.807, 2.05) is 35.9 Å². The van der Waals surface area contributed by atoms with E-state index < -0.39 is 11.7 Å². The lowest BCUT2D eigenvalue weighted by Gasteiger charge is -2.33. The minimum Gasteiger partial charge on any atom is -0.320 e. The number of hydrogen-bond donors (Lipinski definition) is 0. The number of aryl methyl sites for hydroxylation is 1. The quantitative estimate of drug-likeness (QED) is 0.378. The zero-order valence-electron chi connectivity index (χ0n) is 22.4. The van der Waals surface area contributed by atoms with Gasteiger partial charge in [-0.15, -0.1) is 10.2 Å². The number of anilines is 1. The maximum absolute atomic E-state index is 14.3. The lowest BCUT2D eigenvalue weighted by atomic mass is 9.72. The number of likely N-dealkylation sites (tertiary alicyclic amines) is 1. The van der Waals surface area contributed by atoms with Crippen molar-refractivity contribution < 1.29 is 18.0 Å². The topological polar surface area (TPSA) is 54.3 Å². The van der Waals surface area contributed by atoms with E-state index in [-0.39, 0.29) is 29.5 Å². The molecule has 1 saturated heterocycles. The van der Waals surface area contributed by atoms with Gasteiger partial charge in [-0.05, 0) is 85.0 Å². The van der Waals surface area contributed by atoms with Crippen molar-refractivity contribution in [2.45, 2.75) is 64.2 Å². The van der Waals surface area contributed by atoms with E-state index in [9.17, 15) is 18.0 Å². The van der Waals surface area contributed by atoms with Crippen LogP contribution in [0, 0.1) is 11.8 Å². The molecule has 0 N–H and O–H groups in total. The molecule has 0 bridgehead atoms. The van der Waals surface area contributed by atoms with Crippen LogP contribution in [0.2, 0.25) is 0 Å². The molecular formula is C30H34F3N5O. The molecule has 3 aliphatic rings. The molecule has 0 spiro atoms. The number of benzene rings is 2. The molecule has 2 aromatic carbocycles. The van der Waals surface area contributed by atoms with E-state index in [1.165, 1.54) is 11.0 Å². The minimum atomic E-state index is -4.53. The van der Waals surface area contributed by atoms with E-state index in [4.69, 9.17) is 0 Å². The van der Waals surface area contributed by atoms with Crippen LogP contribution >= 0.6 is 0 Å². The third kappa shape index (κ3) is 4.97. The number of aromatic nitrogens is 3. The molecule has 2 aliphatic heterocycles. The molecule has 2 atom stereocenters. The van der Waals surface area contributed by atoms with Crippen LogP contribution < -0.4 is 4.90 Å². The van der Waals surface area contributed by atoms with Gasteiger partial charge in [0.1, 0.15) is 12.2 Å². The molecule has 39 heavy (non-hydrogen) atoms. The SMILES string of the molecule is C[C@H]1CCCN(Cc2cc3c(c(C(F)(F)F)c2)CN(c2cccc(C(c4nncn4C)C4CCC4)c2)C3=O)C1. The van der Waals surface area contributed by atoms with Gasteiger partial charge in [-0.2, -0.15) is 13.2 Å². The smallest absolute Gasteiger partial charge is 0.320 e. The molecule has 6 rings (SSSR count). The third-order valence-corrected chi connectivity index (χ3v) is 8.74. The van der Waals surface area contributed by atoms with Crippen LogP contribution in [0.3, 0.4) is 0 Å². The second-order valence-corrected chi connectivity index (χ2v) is 11.6. The third-order valence-electron chi connectivity index (χ3n) is 8.74. The predicted octanol–water partition coefficient (Wildman–Crippen LogP) is 6.16. The minimum absolute atomic E-state index is 0.0237. The van der Waals surface area contributed by atoms with Gasteiger partial charge in [-0.25, -0.2) is 0 Å². The highest BCUT2D eigenvalue weighted by Gasteiger charge is 2.41. The van der Waals surface area contributed by atoms with Crippen LogP contribution in [0.4, 0.5) is 18.9 Å². The summed E-state index contributed by atoms with van der Waals surface area (Å²) in [4.78, 5) is 17.3. The number of fused-ring (bicyclic) bond motifs is 1. The standard InChI is InChI=1S/C30H34F3N5O/c1-19-6-5-11-37(15-19)16-20-12-24-25(26(13-20)30(31,32)33)17-38(29(24)39)23-10-4-9-22(14-23)27(21-7-3-8-21)28-35-34-18-36(28)2/h4,9-10,12-14,18-19,21,27H,3,5-8,11,15-17H2,1-2H3/t19-,27?/m0/s1. The van der Waals surface area contributed by atoms with Crippen molar-refractivity contribution >= 4 is 11.6 Å². The summed E-state index contributed by atoms with van der Waals surface area (Å²) in [6.07, 6.45) is 2.67. The number of alkyl halides is 3. The molecule has 9 heteroatoms. The van der Waals surface area contributed by atoms with E-state index in [0.29, 0.717) is 29.6 Å². The van der Waals surface area contributed by atoms with E-state index in [2.05, 4.69) is 22.0 Å². The van der Waals surface area contributed by atoms with E-state index in [1.54, 1.807) is 12.4 Å². The molecule has 3 heterocycles. The van der Waals surface area contributed by atoms with Crippen molar-refractivity contribution in [3.05, 3.63) is 76.4 Å². The van der Waals surface area contributed by atoms with Gasteiger partial charge in [0.25, 0.3) is 5.91 Å². The first-order valence-electron chi connectivity index (χ1n) is 13.9. The second kappa shape index (κ2) is 10.1. The fourth-order valence-corrected chi connectivity index (χ4v) is 6.57. The molecule has 0 radical (unpaired) electrons. The van der Waals surface area contributed by atoms with E-state index in [0.717, 1.165) is 56.6 Å². The molecule has 1 unspecified atom stereocenters. The highest BCUT2D eigenvalue weighted by atomic mass is 19.4. The summed E-state index contributed by atoms with van der Waals surface area (Å²) in [5.74, 6) is 1.45. The highest BCUT2D eigenvalue weighted by molar-refractivity contribution is 6.10. The molecule has 1 amide bonds. The summed E-state index contributed by atoms with van der Waals surface area (Å²) >= 11 is 0. The normalized spacial score (nSPS) is 21.2. The summed E-state index contributed by atoms with van der Waals surface area (Å²) in [6.45, 7) is 4.23. The van der Waals surface area contributed by atoms with Gasteiger partial charge in [-0.1, -0.05) is 25.5 Å². The number of carbonyl (C=O) groups excluding carboxylic acids is 1. The number of rotatable bonds is 6. The molecule has 2 fully saturated rings. The van der Waals surface area contributed by atoms with Crippen molar-refractivity contribution in [2.75, 3.05) is 18.0 Å². The van der Waals surface area contributed by atoms with E-state index >= 15 is 0 Å². The fraction of sp³-hybridized carbons (Fsp3) is 0.500. The van der Waals surface area contributed by atoms with Crippen LogP contribution in [0.1, 0.15) is 83.4 Å². The van der Waals surface area contributed by atoms with Crippen LogP contribution in [-0.4, -0.2) is 38.7 Å². The van der Waals surface area contributed by atoms with Crippen LogP contribution in [-0.2, 0) is 26.3 Å². The van der Waals surface area contributed by atoms with Gasteiger partial charge in [-0.3, -0.25) is 9.69 Å². The van der Waals surface area contributed by atoms with Crippen molar-refractivity contribution in [3.63, 3.8) is 0 Å². The summed E-state index contributed by atoms with van der Waals surface area (Å²) in [6, 6.07) is 10.6. The summed E-state index contributed by atoms with van der Waals surface area (Å²) in [5, 5.41) is 8.45. The van der Waals surface area contributed by atoms with Crippen molar-refractivity contribution in [2.24, 2.45) is 18.9 Å². The highest BCUT2D eigenvalue weighted by Crippen LogP contribution is 2.44. The molecule has 3 aromatic rings. The monoisotopic (exact) mass is 537 g/mol. The first kappa shape index (κ1) is 26.0. The lowest BCUT2D eigenvalue weighted by molar-refractivity contribution is -0.138. The molecule has 1 aromatic heterocycles. The Hall–Kier alpha value is -3.20. The summed E-state index contributed by atoms with van der Waals surface area (Å²) in [7, 11) is 1.92. The average Bonchev–Trinajstić information content (AvgIpc) is 3.43. The first-order chi connectivity index (χ1) is 18.7. The summed E-state index contributed by atoms with van der Waals surface area (Å²) < 4.78 is 44.7. The van der Waals surface area contributed by atoms with Crippen LogP contribution in [0.5, 0.6) is 0 Å². The van der Waals surface area contributed by atoms with Gasteiger partial charge in [0.15, 0.2) is 0 Å². The van der Waals surface area contributed by atoms with Crippen molar-refractivity contribution in [1.29, 1.82) is 0 Å². The number of halogens is 3. The zero-order valence-corrected chi connectivity index (χ0v) is 22.4. The van der Waals surface area contributed by atoms with Gasteiger partial charge in [0.2, 0.25) is 0 Å². The van der Waals surface area contributed by atoms with Gasteiger partial charge in [0.05, 0.1) is 12.1 Å². The Morgan fingerprint density at radius 1 is 1.10 bits per heavy atom. The molecular weight excluding hydrogens is 503 g/mol. The maximum Gasteiger partial charge on any atom is 0.416 e. The maximum atomic E-state index is 14.3. The number of carbonyl (C=O) groups is 1. The zero-order chi connectivity index (χ0) is 27.3. The fourth-order valence-electron chi connectivity index (χ4n) is 6.57. The Labute approximate surface area is 226 Å². The number of hydrogen-bond acceptors (Lipinski definition) is 4. The molecule has 6 nitrogen and oxygen atoms in total. The molecule has 206 valence electrons. The van der Waals surface area contributed by atoms with Gasteiger partial charge in [0, 0.05) is 37.3 Å². The summed E-state index contributed by atoms with van der Waals surface area (Å²) in [5.41, 5.74) is 1.70. The Bertz CT molecular complexity index is 1380. The number of amides is 1. The lowest BCUT2D eigenvalue weighted by Crippen LogP contribution is -2.33. The largest absolute Gasteiger partial charge is 0.416 e. The average molecular weight is 538 g/mol. The van der Waals surface area contributed by atoms with Crippen molar-refractivity contribution in [1.82, 2.24) is 19.7 Å². The Kier molecular flexibility index (Phi) is 6.73. The Morgan fingerprint density at radius 3 is 2.59 bits per heavy atom. The molecule has 1 aliphatic carbocycles. The number of nitrogens with zero attached hydrogens (tertiary/aromatic N) is 5. The first-order valence-corrected chi connectivity index (χ1v) is 13.9.